The van der Waals surface area contributed by atoms with Gasteiger partial charge in [0.15, 0.2) is 11.6 Å². The van der Waals surface area contributed by atoms with Crippen LogP contribution in [0.1, 0.15) is 29.8 Å². The van der Waals surface area contributed by atoms with Crippen LogP contribution in [0.3, 0.4) is 0 Å². The standard InChI is InChI=1S/C21H20N4O2/c1-13-12-22-21(17-6-4-5-16(11-17)14(2)26)25-20(13)24-19-9-7-18(8-10-19)23-15(3)27/h4-12H,1-3H3,(H,23,27)(H,22,24,25). The number of anilines is 3. The second-order valence-electron chi connectivity index (χ2n) is 6.25. The Labute approximate surface area is 157 Å². The number of hydrogen-bond acceptors (Lipinski definition) is 5. The van der Waals surface area contributed by atoms with Crippen molar-refractivity contribution in [1.29, 1.82) is 0 Å². The van der Waals surface area contributed by atoms with Gasteiger partial charge in [-0.2, -0.15) is 0 Å². The van der Waals surface area contributed by atoms with Crippen molar-refractivity contribution in [3.05, 3.63) is 65.9 Å². The smallest absolute Gasteiger partial charge is 0.221 e. The number of carbonyl (C=O) groups is 2. The maximum absolute atomic E-state index is 11.6. The fourth-order valence-electron chi connectivity index (χ4n) is 2.56. The highest BCUT2D eigenvalue weighted by Gasteiger charge is 2.09. The first-order chi connectivity index (χ1) is 12.9. The highest BCUT2D eigenvalue weighted by Crippen LogP contribution is 2.23. The fraction of sp³-hybridized carbons (Fsp3) is 0.143. The van der Waals surface area contributed by atoms with Crippen LogP contribution in [0, 0.1) is 6.92 Å². The highest BCUT2D eigenvalue weighted by molar-refractivity contribution is 5.95. The molecule has 2 N–H and O–H groups in total. The molecule has 0 spiro atoms. The number of Topliss-reactive ketones (excluding diaryl/α,β-unsaturated/α-hetero) is 1. The lowest BCUT2D eigenvalue weighted by Crippen LogP contribution is -2.05. The molecule has 3 rings (SSSR count). The van der Waals surface area contributed by atoms with Crippen molar-refractivity contribution in [3.8, 4) is 11.4 Å². The summed E-state index contributed by atoms with van der Waals surface area (Å²) >= 11 is 0. The van der Waals surface area contributed by atoms with Crippen molar-refractivity contribution in [2.75, 3.05) is 10.6 Å². The number of hydrogen-bond donors (Lipinski definition) is 2. The molecule has 0 fully saturated rings. The Balaban J connectivity index is 1.86. The monoisotopic (exact) mass is 360 g/mol. The summed E-state index contributed by atoms with van der Waals surface area (Å²) in [5, 5.41) is 6.00. The fourth-order valence-corrected chi connectivity index (χ4v) is 2.56. The van der Waals surface area contributed by atoms with Crippen molar-refractivity contribution < 1.29 is 9.59 Å². The van der Waals surface area contributed by atoms with Gasteiger partial charge in [0.25, 0.3) is 0 Å². The van der Waals surface area contributed by atoms with E-state index in [-0.39, 0.29) is 11.7 Å². The van der Waals surface area contributed by atoms with Gasteiger partial charge in [-0.05, 0) is 44.2 Å². The van der Waals surface area contributed by atoms with E-state index in [1.807, 2.05) is 43.3 Å². The van der Waals surface area contributed by atoms with Gasteiger partial charge in [0.05, 0.1) is 0 Å². The van der Waals surface area contributed by atoms with Crippen molar-refractivity contribution in [3.63, 3.8) is 0 Å². The number of nitrogens with one attached hydrogen (secondary N) is 2. The van der Waals surface area contributed by atoms with Gasteiger partial charge in [-0.15, -0.1) is 0 Å². The molecule has 0 aliphatic carbocycles. The molecule has 1 heterocycles. The Morgan fingerprint density at radius 3 is 2.33 bits per heavy atom. The number of amides is 1. The largest absolute Gasteiger partial charge is 0.340 e. The van der Waals surface area contributed by atoms with Crippen LogP contribution in [-0.4, -0.2) is 21.7 Å². The van der Waals surface area contributed by atoms with E-state index in [1.54, 1.807) is 18.3 Å². The average Bonchev–Trinajstić information content (AvgIpc) is 2.65. The first-order valence-electron chi connectivity index (χ1n) is 8.52. The van der Waals surface area contributed by atoms with Crippen LogP contribution < -0.4 is 10.6 Å². The van der Waals surface area contributed by atoms with Crippen molar-refractivity contribution in [1.82, 2.24) is 9.97 Å². The summed E-state index contributed by atoms with van der Waals surface area (Å²) in [5.41, 5.74) is 3.88. The first kappa shape index (κ1) is 18.3. The second kappa shape index (κ2) is 7.78. The Hall–Kier alpha value is -3.54. The van der Waals surface area contributed by atoms with Crippen LogP contribution in [0.25, 0.3) is 11.4 Å². The number of rotatable bonds is 5. The third kappa shape index (κ3) is 4.55. The van der Waals surface area contributed by atoms with Gasteiger partial charge < -0.3 is 10.6 Å². The van der Waals surface area contributed by atoms with Crippen LogP contribution >= 0.6 is 0 Å². The number of benzene rings is 2. The van der Waals surface area contributed by atoms with Gasteiger partial charge in [0.1, 0.15) is 5.82 Å². The number of ketones is 1. The highest BCUT2D eigenvalue weighted by atomic mass is 16.1. The normalized spacial score (nSPS) is 10.3. The number of aryl methyl sites for hydroxylation is 1. The van der Waals surface area contributed by atoms with Gasteiger partial charge in [-0.25, -0.2) is 9.97 Å². The molecule has 1 amide bonds. The predicted octanol–water partition coefficient (Wildman–Crippen LogP) is 4.36. The lowest BCUT2D eigenvalue weighted by atomic mass is 10.1. The molecule has 0 atom stereocenters. The topological polar surface area (TPSA) is 84.0 Å². The van der Waals surface area contributed by atoms with Crippen LogP contribution in [0.4, 0.5) is 17.2 Å². The summed E-state index contributed by atoms with van der Waals surface area (Å²) in [6, 6.07) is 14.6. The lowest BCUT2D eigenvalue weighted by molar-refractivity contribution is -0.114. The van der Waals surface area contributed by atoms with Gasteiger partial charge in [-0.1, -0.05) is 18.2 Å². The zero-order valence-electron chi connectivity index (χ0n) is 15.4. The molecule has 0 unspecified atom stereocenters. The van der Waals surface area contributed by atoms with E-state index >= 15 is 0 Å². The summed E-state index contributed by atoms with van der Waals surface area (Å²) in [6.45, 7) is 4.93. The van der Waals surface area contributed by atoms with Gasteiger partial charge in [0, 0.05) is 41.2 Å². The van der Waals surface area contributed by atoms with E-state index < -0.39 is 0 Å². The van der Waals surface area contributed by atoms with Crippen LogP contribution in [0.2, 0.25) is 0 Å². The number of carbonyl (C=O) groups excluding carboxylic acids is 2. The maximum Gasteiger partial charge on any atom is 0.221 e. The molecule has 1 aromatic heterocycles. The van der Waals surface area contributed by atoms with E-state index in [9.17, 15) is 9.59 Å². The summed E-state index contributed by atoms with van der Waals surface area (Å²) in [6.07, 6.45) is 1.75. The minimum atomic E-state index is -0.111. The predicted molar refractivity (Wildman–Crippen MR) is 106 cm³/mol. The Morgan fingerprint density at radius 2 is 1.67 bits per heavy atom. The minimum absolute atomic E-state index is 0.00145. The van der Waals surface area contributed by atoms with E-state index in [4.69, 9.17) is 0 Å². The van der Waals surface area contributed by atoms with Crippen LogP contribution in [-0.2, 0) is 4.79 Å². The Kier molecular flexibility index (Phi) is 5.26. The molecule has 0 aliphatic heterocycles. The third-order valence-corrected chi connectivity index (χ3v) is 3.97. The molecule has 2 aromatic carbocycles. The minimum Gasteiger partial charge on any atom is -0.340 e. The number of nitrogens with zero attached hydrogens (tertiary/aromatic N) is 2. The van der Waals surface area contributed by atoms with Gasteiger partial charge >= 0.3 is 0 Å². The van der Waals surface area contributed by atoms with E-state index in [1.165, 1.54) is 13.8 Å². The summed E-state index contributed by atoms with van der Waals surface area (Å²) in [4.78, 5) is 31.7. The molecule has 0 radical (unpaired) electrons. The molecular formula is C21H20N4O2. The molecule has 3 aromatic rings. The SMILES string of the molecule is CC(=O)Nc1ccc(Nc2nc(-c3cccc(C(C)=O)c3)ncc2C)cc1. The molecule has 0 saturated heterocycles. The molecule has 6 nitrogen and oxygen atoms in total. The van der Waals surface area contributed by atoms with E-state index in [0.29, 0.717) is 17.2 Å². The average molecular weight is 360 g/mol. The van der Waals surface area contributed by atoms with Crippen molar-refractivity contribution in [2.45, 2.75) is 20.8 Å². The molecule has 0 aliphatic rings. The molecule has 136 valence electrons. The zero-order chi connectivity index (χ0) is 19.4. The Morgan fingerprint density at radius 1 is 0.963 bits per heavy atom. The van der Waals surface area contributed by atoms with Crippen LogP contribution in [0.5, 0.6) is 0 Å². The first-order valence-corrected chi connectivity index (χ1v) is 8.52. The van der Waals surface area contributed by atoms with Crippen LogP contribution in [0.15, 0.2) is 54.7 Å². The zero-order valence-corrected chi connectivity index (χ0v) is 15.4. The summed E-state index contributed by atoms with van der Waals surface area (Å²) in [5.74, 6) is 1.11. The van der Waals surface area contributed by atoms with E-state index in [2.05, 4.69) is 20.6 Å². The van der Waals surface area contributed by atoms with Crippen molar-refractivity contribution >= 4 is 28.9 Å². The molecule has 6 heteroatoms. The Bertz CT molecular complexity index is 997. The third-order valence-electron chi connectivity index (χ3n) is 3.97. The molecule has 27 heavy (non-hydrogen) atoms. The quantitative estimate of drug-likeness (QED) is 0.661. The van der Waals surface area contributed by atoms with Crippen molar-refractivity contribution in [2.24, 2.45) is 0 Å². The molecule has 0 saturated carbocycles. The van der Waals surface area contributed by atoms with Gasteiger partial charge in [-0.3, -0.25) is 9.59 Å². The van der Waals surface area contributed by atoms with E-state index in [0.717, 1.165) is 22.5 Å². The van der Waals surface area contributed by atoms with Gasteiger partial charge in [0.2, 0.25) is 5.91 Å². The maximum atomic E-state index is 11.6. The molecular weight excluding hydrogens is 340 g/mol. The summed E-state index contributed by atoms with van der Waals surface area (Å²) < 4.78 is 0. The summed E-state index contributed by atoms with van der Waals surface area (Å²) in [7, 11) is 0. The lowest BCUT2D eigenvalue weighted by Gasteiger charge is -2.11. The molecule has 0 bridgehead atoms. The second-order valence-corrected chi connectivity index (χ2v) is 6.25. The number of aromatic nitrogens is 2.